The summed E-state index contributed by atoms with van der Waals surface area (Å²) in [6.45, 7) is 2.84. The van der Waals surface area contributed by atoms with Crippen LogP contribution in [0.1, 0.15) is 75.2 Å². The van der Waals surface area contributed by atoms with Crippen LogP contribution in [0, 0.1) is 11.8 Å². The first-order valence-electron chi connectivity index (χ1n) is 10.8. The molecule has 0 saturated heterocycles. The SMILES string of the molecule is CCCCNC(=O)NC12CC3CCCC(NC(=O)c4ccccn4)(C1)C(C3)C2. The summed E-state index contributed by atoms with van der Waals surface area (Å²) < 4.78 is 0. The molecule has 1 aromatic rings. The number of carbonyl (C=O) groups is 2. The average Bonchev–Trinajstić information content (AvgIpc) is 2.80. The Hall–Kier alpha value is -2.11. The molecule has 152 valence electrons. The number of hydrogen-bond donors (Lipinski definition) is 3. The Morgan fingerprint density at radius 3 is 2.93 bits per heavy atom. The topological polar surface area (TPSA) is 83.1 Å². The van der Waals surface area contributed by atoms with E-state index in [9.17, 15) is 9.59 Å². The van der Waals surface area contributed by atoms with Gasteiger partial charge in [0.2, 0.25) is 0 Å². The van der Waals surface area contributed by atoms with Gasteiger partial charge in [-0.2, -0.15) is 0 Å². The highest BCUT2D eigenvalue weighted by atomic mass is 16.2. The maximum Gasteiger partial charge on any atom is 0.315 e. The molecule has 0 radical (unpaired) electrons. The molecule has 3 aliphatic rings. The maximum absolute atomic E-state index is 12.9. The number of carbonyl (C=O) groups excluding carboxylic acids is 2. The summed E-state index contributed by atoms with van der Waals surface area (Å²) in [5.74, 6) is 0.984. The Labute approximate surface area is 167 Å². The Balaban J connectivity index is 1.51. The molecule has 4 rings (SSSR count). The number of aromatic nitrogens is 1. The molecular weight excluding hydrogens is 352 g/mol. The highest BCUT2D eigenvalue weighted by molar-refractivity contribution is 5.92. The lowest BCUT2D eigenvalue weighted by Gasteiger charge is -2.38. The molecule has 0 aliphatic heterocycles. The minimum atomic E-state index is -0.226. The molecule has 3 amide bonds. The maximum atomic E-state index is 12.9. The summed E-state index contributed by atoms with van der Waals surface area (Å²) >= 11 is 0. The van der Waals surface area contributed by atoms with Crippen molar-refractivity contribution in [3.8, 4) is 0 Å². The number of amides is 3. The first-order valence-corrected chi connectivity index (χ1v) is 10.8. The first-order chi connectivity index (χ1) is 13.5. The van der Waals surface area contributed by atoms with E-state index in [1.165, 1.54) is 6.42 Å². The molecule has 3 fully saturated rings. The minimum absolute atomic E-state index is 0.0553. The predicted molar refractivity (Wildman–Crippen MR) is 108 cm³/mol. The Kier molecular flexibility index (Phi) is 5.30. The summed E-state index contributed by atoms with van der Waals surface area (Å²) in [6, 6.07) is 5.38. The van der Waals surface area contributed by atoms with Gasteiger partial charge in [-0.3, -0.25) is 9.78 Å². The second kappa shape index (κ2) is 7.72. The molecular formula is C22H32N4O2. The molecule has 6 nitrogen and oxygen atoms in total. The van der Waals surface area contributed by atoms with Crippen molar-refractivity contribution >= 4 is 11.9 Å². The fourth-order valence-electron chi connectivity index (χ4n) is 6.01. The number of unbranched alkanes of at least 4 members (excludes halogenated alkanes) is 1. The number of nitrogens with one attached hydrogen (secondary N) is 3. The van der Waals surface area contributed by atoms with Crippen LogP contribution >= 0.6 is 0 Å². The third-order valence-electron chi connectivity index (χ3n) is 7.06. The van der Waals surface area contributed by atoms with Crippen LogP contribution in [0.2, 0.25) is 0 Å². The quantitative estimate of drug-likeness (QED) is 0.658. The van der Waals surface area contributed by atoms with E-state index < -0.39 is 0 Å². The Bertz CT molecular complexity index is 725. The van der Waals surface area contributed by atoms with Gasteiger partial charge in [0.15, 0.2) is 0 Å². The van der Waals surface area contributed by atoms with Crippen LogP contribution in [-0.2, 0) is 0 Å². The number of pyridine rings is 1. The van der Waals surface area contributed by atoms with Crippen molar-refractivity contribution in [2.45, 2.75) is 75.8 Å². The standard InChI is InChI=1S/C22H32N4O2/c1-2-3-10-24-20(28)26-21-13-16-7-6-9-22(15-21,17(12-16)14-21)25-19(27)18-8-4-5-11-23-18/h4-5,8,11,16-17H,2-3,6-7,9-10,12-15H2,1H3,(H,25,27)(H2,24,26,28). The van der Waals surface area contributed by atoms with E-state index in [-0.39, 0.29) is 23.0 Å². The van der Waals surface area contributed by atoms with Crippen LogP contribution in [0.5, 0.6) is 0 Å². The van der Waals surface area contributed by atoms with Gasteiger partial charge in [0.1, 0.15) is 5.69 Å². The van der Waals surface area contributed by atoms with Crippen molar-refractivity contribution < 1.29 is 9.59 Å². The van der Waals surface area contributed by atoms with E-state index in [0.717, 1.165) is 51.4 Å². The van der Waals surface area contributed by atoms with Crippen molar-refractivity contribution in [3.05, 3.63) is 30.1 Å². The van der Waals surface area contributed by atoms with Crippen LogP contribution in [0.3, 0.4) is 0 Å². The third-order valence-corrected chi connectivity index (χ3v) is 7.06. The fraction of sp³-hybridized carbons (Fsp3) is 0.682. The van der Waals surface area contributed by atoms with Crippen LogP contribution in [-0.4, -0.2) is 34.5 Å². The van der Waals surface area contributed by atoms with Crippen molar-refractivity contribution in [1.82, 2.24) is 20.9 Å². The van der Waals surface area contributed by atoms with Crippen LogP contribution in [0.25, 0.3) is 0 Å². The van der Waals surface area contributed by atoms with Crippen molar-refractivity contribution in [2.75, 3.05) is 6.54 Å². The van der Waals surface area contributed by atoms with Crippen molar-refractivity contribution in [3.63, 3.8) is 0 Å². The highest BCUT2D eigenvalue weighted by Crippen LogP contribution is 2.57. The zero-order valence-electron chi connectivity index (χ0n) is 16.8. The molecule has 4 atom stereocenters. The van der Waals surface area contributed by atoms with E-state index in [4.69, 9.17) is 0 Å². The molecule has 3 aliphatic carbocycles. The van der Waals surface area contributed by atoms with E-state index in [0.29, 0.717) is 24.1 Å². The molecule has 3 saturated carbocycles. The minimum Gasteiger partial charge on any atom is -0.345 e. The van der Waals surface area contributed by atoms with Gasteiger partial charge < -0.3 is 16.0 Å². The second-order valence-corrected chi connectivity index (χ2v) is 9.12. The van der Waals surface area contributed by atoms with Gasteiger partial charge in [-0.15, -0.1) is 0 Å². The smallest absolute Gasteiger partial charge is 0.315 e. The van der Waals surface area contributed by atoms with E-state index in [1.54, 1.807) is 12.3 Å². The van der Waals surface area contributed by atoms with Crippen LogP contribution in [0.4, 0.5) is 4.79 Å². The molecule has 6 heteroatoms. The van der Waals surface area contributed by atoms with Gasteiger partial charge in [-0.1, -0.05) is 32.3 Å². The Morgan fingerprint density at radius 1 is 1.25 bits per heavy atom. The van der Waals surface area contributed by atoms with E-state index >= 15 is 0 Å². The van der Waals surface area contributed by atoms with Gasteiger partial charge in [-0.25, -0.2) is 4.79 Å². The summed E-state index contributed by atoms with van der Waals surface area (Å²) in [4.78, 5) is 29.7. The number of urea groups is 1. The summed E-state index contributed by atoms with van der Waals surface area (Å²) in [7, 11) is 0. The molecule has 1 aromatic heterocycles. The number of fused-ring (bicyclic) bond motifs is 2. The normalized spacial score (nSPS) is 33.2. The first kappa shape index (κ1) is 19.2. The van der Waals surface area contributed by atoms with Gasteiger partial charge >= 0.3 is 6.03 Å². The lowest BCUT2D eigenvalue weighted by Crippen LogP contribution is -2.55. The number of rotatable bonds is 6. The van der Waals surface area contributed by atoms with E-state index in [1.807, 2.05) is 12.1 Å². The molecule has 1 heterocycles. The lowest BCUT2D eigenvalue weighted by atomic mass is 9.75. The van der Waals surface area contributed by atoms with Crippen molar-refractivity contribution in [2.24, 2.45) is 11.8 Å². The fourth-order valence-corrected chi connectivity index (χ4v) is 6.01. The number of nitrogens with zero attached hydrogens (tertiary/aromatic N) is 1. The lowest BCUT2D eigenvalue weighted by molar-refractivity contribution is 0.0856. The van der Waals surface area contributed by atoms with Gasteiger partial charge in [0.05, 0.1) is 0 Å². The highest BCUT2D eigenvalue weighted by Gasteiger charge is 2.60. The van der Waals surface area contributed by atoms with Crippen LogP contribution < -0.4 is 16.0 Å². The Morgan fingerprint density at radius 2 is 2.14 bits per heavy atom. The largest absolute Gasteiger partial charge is 0.345 e. The van der Waals surface area contributed by atoms with Gasteiger partial charge in [-0.05, 0) is 62.5 Å². The molecule has 3 N–H and O–H groups in total. The van der Waals surface area contributed by atoms with Gasteiger partial charge in [0, 0.05) is 23.8 Å². The third kappa shape index (κ3) is 3.74. The van der Waals surface area contributed by atoms with Gasteiger partial charge in [0.25, 0.3) is 5.91 Å². The molecule has 0 aromatic carbocycles. The van der Waals surface area contributed by atoms with E-state index in [2.05, 4.69) is 27.9 Å². The monoisotopic (exact) mass is 384 g/mol. The predicted octanol–water partition coefficient (Wildman–Crippen LogP) is 3.39. The summed E-state index contributed by atoms with van der Waals surface area (Å²) in [5, 5.41) is 9.72. The number of hydrogen-bond acceptors (Lipinski definition) is 3. The van der Waals surface area contributed by atoms with Crippen molar-refractivity contribution in [1.29, 1.82) is 0 Å². The molecule has 3 bridgehead atoms. The second-order valence-electron chi connectivity index (χ2n) is 9.12. The molecule has 0 spiro atoms. The molecule has 28 heavy (non-hydrogen) atoms. The molecule has 4 unspecified atom stereocenters. The van der Waals surface area contributed by atoms with Crippen LogP contribution in [0.15, 0.2) is 24.4 Å². The summed E-state index contributed by atoms with van der Waals surface area (Å²) in [6.07, 6.45) is 11.0. The zero-order valence-corrected chi connectivity index (χ0v) is 16.8. The zero-order chi connectivity index (χ0) is 19.6. The summed E-state index contributed by atoms with van der Waals surface area (Å²) in [5.41, 5.74) is 0.0524. The average molecular weight is 385 g/mol.